The molecule has 0 radical (unpaired) electrons. The molecule has 186 valence electrons. The zero-order chi connectivity index (χ0) is 24.7. The van der Waals surface area contributed by atoms with Crippen molar-refractivity contribution >= 4 is 23.4 Å². The summed E-state index contributed by atoms with van der Waals surface area (Å²) in [6.07, 6.45) is 0. The van der Waals surface area contributed by atoms with E-state index in [1.54, 1.807) is 14.2 Å². The summed E-state index contributed by atoms with van der Waals surface area (Å²) < 4.78 is 27.1. The quantitative estimate of drug-likeness (QED) is 0.216. The van der Waals surface area contributed by atoms with Gasteiger partial charge in [-0.2, -0.15) is 0 Å². The number of hydrogen-bond donors (Lipinski definition) is 0. The molecule has 1 aliphatic heterocycles. The zero-order valence-electron chi connectivity index (χ0n) is 20.3. The number of methoxy groups -OCH3 is 2. The molecule has 0 N–H and O–H groups in total. The van der Waals surface area contributed by atoms with Crippen molar-refractivity contribution < 1.29 is 23.7 Å². The Morgan fingerprint density at radius 2 is 1.43 bits per heavy atom. The minimum atomic E-state index is -0.148. The Hall–Kier alpha value is -2.38. The molecule has 3 aromatic rings. The van der Waals surface area contributed by atoms with Gasteiger partial charge in [-0.05, 0) is 53.1 Å². The van der Waals surface area contributed by atoms with E-state index in [1.807, 2.05) is 42.1 Å². The fourth-order valence-corrected chi connectivity index (χ4v) is 5.94. The van der Waals surface area contributed by atoms with Crippen LogP contribution in [0.3, 0.4) is 0 Å². The van der Waals surface area contributed by atoms with Crippen LogP contribution in [0.25, 0.3) is 0 Å². The number of thioether (sulfide) groups is 1. The smallest absolute Gasteiger partial charge is 0.188 e. The van der Waals surface area contributed by atoms with Crippen molar-refractivity contribution in [2.45, 2.75) is 23.2 Å². The number of alkyl halides is 1. The highest BCUT2D eigenvalue weighted by Crippen LogP contribution is 2.53. The molecule has 0 fully saturated rings. The van der Waals surface area contributed by atoms with Crippen molar-refractivity contribution in [3.63, 3.8) is 0 Å². The molecule has 0 saturated heterocycles. The Morgan fingerprint density at radius 1 is 0.829 bits per heavy atom. The molecule has 0 bridgehead atoms. The molecule has 35 heavy (non-hydrogen) atoms. The standard InChI is InChI=1S/C28H31ClO5S/c1-28(21-6-10-23(11-7-21)33-18-30-2)17-35-26-16-24(34-19-31-3)12-13-25(26)27(28)20-4-8-22(9-5-20)32-15-14-29/h4-13,16,27H,14-15,17-19H2,1-3H3. The van der Waals surface area contributed by atoms with Crippen LogP contribution in [-0.2, 0) is 14.9 Å². The van der Waals surface area contributed by atoms with E-state index in [-0.39, 0.29) is 24.9 Å². The second kappa shape index (κ2) is 12.0. The topological polar surface area (TPSA) is 46.2 Å². The molecule has 0 aliphatic carbocycles. The normalized spacial score (nSPS) is 19.1. The molecule has 0 amide bonds. The van der Waals surface area contributed by atoms with Gasteiger partial charge >= 0.3 is 0 Å². The third kappa shape index (κ3) is 5.89. The van der Waals surface area contributed by atoms with Crippen LogP contribution in [-0.4, -0.2) is 46.0 Å². The molecule has 2 atom stereocenters. The van der Waals surface area contributed by atoms with E-state index in [4.69, 9.17) is 35.3 Å². The van der Waals surface area contributed by atoms with Gasteiger partial charge in [0.05, 0.1) is 5.88 Å². The van der Waals surface area contributed by atoms with Crippen molar-refractivity contribution in [1.29, 1.82) is 0 Å². The van der Waals surface area contributed by atoms with Gasteiger partial charge in [0.2, 0.25) is 0 Å². The number of rotatable bonds is 11. The summed E-state index contributed by atoms with van der Waals surface area (Å²) in [5, 5.41) is 0. The zero-order valence-corrected chi connectivity index (χ0v) is 21.9. The van der Waals surface area contributed by atoms with Crippen LogP contribution in [0.1, 0.15) is 29.5 Å². The summed E-state index contributed by atoms with van der Waals surface area (Å²) in [5.74, 6) is 3.95. The second-order valence-electron chi connectivity index (χ2n) is 8.57. The van der Waals surface area contributed by atoms with E-state index in [9.17, 15) is 0 Å². The highest BCUT2D eigenvalue weighted by Gasteiger charge is 2.42. The third-order valence-corrected chi connectivity index (χ3v) is 7.78. The van der Waals surface area contributed by atoms with E-state index in [1.165, 1.54) is 21.6 Å². The van der Waals surface area contributed by atoms with Crippen molar-refractivity contribution in [3.05, 3.63) is 83.4 Å². The third-order valence-electron chi connectivity index (χ3n) is 6.22. The number of benzene rings is 3. The van der Waals surface area contributed by atoms with E-state index in [0.29, 0.717) is 12.5 Å². The number of ether oxygens (including phenoxy) is 5. The van der Waals surface area contributed by atoms with Gasteiger partial charge in [0.15, 0.2) is 13.6 Å². The first-order valence-corrected chi connectivity index (χ1v) is 13.0. The molecule has 1 heterocycles. The molecular formula is C28H31ClO5S. The van der Waals surface area contributed by atoms with Crippen LogP contribution in [0, 0.1) is 0 Å². The molecule has 7 heteroatoms. The molecule has 5 nitrogen and oxygen atoms in total. The monoisotopic (exact) mass is 514 g/mol. The largest absolute Gasteiger partial charge is 0.492 e. The molecule has 0 saturated carbocycles. The van der Waals surface area contributed by atoms with E-state index < -0.39 is 0 Å². The first-order chi connectivity index (χ1) is 17.1. The molecule has 4 rings (SSSR count). The lowest BCUT2D eigenvalue weighted by molar-refractivity contribution is 0.0508. The van der Waals surface area contributed by atoms with Crippen molar-refractivity contribution in [1.82, 2.24) is 0 Å². The molecule has 3 aromatic carbocycles. The maximum Gasteiger partial charge on any atom is 0.188 e. The predicted molar refractivity (Wildman–Crippen MR) is 140 cm³/mol. The van der Waals surface area contributed by atoms with Crippen LogP contribution >= 0.6 is 23.4 Å². The lowest BCUT2D eigenvalue weighted by Crippen LogP contribution is -2.36. The van der Waals surface area contributed by atoms with Gasteiger partial charge in [-0.1, -0.05) is 37.3 Å². The molecular weight excluding hydrogens is 484 g/mol. The highest BCUT2D eigenvalue weighted by atomic mass is 35.5. The summed E-state index contributed by atoms with van der Waals surface area (Å²) >= 11 is 7.65. The first-order valence-electron chi connectivity index (χ1n) is 11.5. The van der Waals surface area contributed by atoms with E-state index in [2.05, 4.69) is 43.3 Å². The van der Waals surface area contributed by atoms with Gasteiger partial charge in [-0.25, -0.2) is 0 Å². The summed E-state index contributed by atoms with van der Waals surface area (Å²) in [5.41, 5.74) is 3.62. The van der Waals surface area contributed by atoms with Crippen LogP contribution in [0.5, 0.6) is 17.2 Å². The van der Waals surface area contributed by atoms with Gasteiger partial charge in [0.1, 0.15) is 23.9 Å². The van der Waals surface area contributed by atoms with Crippen molar-refractivity contribution in [2.24, 2.45) is 0 Å². The highest BCUT2D eigenvalue weighted by molar-refractivity contribution is 7.99. The number of halogens is 1. The SMILES string of the molecule is COCOc1ccc(C2(C)CSc3cc(OCOC)ccc3C2c2ccc(OCCCl)cc2)cc1. The molecule has 0 aromatic heterocycles. The lowest BCUT2D eigenvalue weighted by atomic mass is 9.67. The van der Waals surface area contributed by atoms with Crippen molar-refractivity contribution in [2.75, 3.05) is 46.0 Å². The summed E-state index contributed by atoms with van der Waals surface area (Å²) in [7, 11) is 3.25. The Kier molecular flexibility index (Phi) is 8.84. The number of fused-ring (bicyclic) bond motifs is 1. The second-order valence-corrected chi connectivity index (χ2v) is 9.97. The fourth-order valence-electron chi connectivity index (χ4n) is 4.52. The van der Waals surface area contributed by atoms with E-state index in [0.717, 1.165) is 23.0 Å². The average Bonchev–Trinajstić information content (AvgIpc) is 2.90. The van der Waals surface area contributed by atoms with Gasteiger partial charge < -0.3 is 23.7 Å². The van der Waals surface area contributed by atoms with E-state index >= 15 is 0 Å². The lowest BCUT2D eigenvalue weighted by Gasteiger charge is -2.43. The number of hydrogen-bond acceptors (Lipinski definition) is 6. The Labute approximate surface area is 216 Å². The van der Waals surface area contributed by atoms with Gasteiger partial charge in [-0.3, -0.25) is 0 Å². The predicted octanol–water partition coefficient (Wildman–Crippen LogP) is 6.47. The Balaban J connectivity index is 1.72. The fraction of sp³-hybridized carbons (Fsp3) is 0.357. The summed E-state index contributed by atoms with van der Waals surface area (Å²) in [6.45, 7) is 3.29. The minimum absolute atomic E-state index is 0.142. The first kappa shape index (κ1) is 25.7. The van der Waals surface area contributed by atoms with Crippen LogP contribution < -0.4 is 14.2 Å². The Bertz CT molecular complexity index is 1090. The summed E-state index contributed by atoms with van der Waals surface area (Å²) in [6, 6.07) is 23.1. The van der Waals surface area contributed by atoms with Crippen molar-refractivity contribution in [3.8, 4) is 17.2 Å². The maximum atomic E-state index is 5.79. The minimum Gasteiger partial charge on any atom is -0.492 e. The van der Waals surface area contributed by atoms with Crippen LogP contribution in [0.4, 0.5) is 0 Å². The average molecular weight is 515 g/mol. The van der Waals surface area contributed by atoms with Gasteiger partial charge in [0, 0.05) is 36.2 Å². The van der Waals surface area contributed by atoms with Gasteiger partial charge in [-0.15, -0.1) is 23.4 Å². The van der Waals surface area contributed by atoms with Crippen LogP contribution in [0.2, 0.25) is 0 Å². The Morgan fingerprint density at radius 3 is 2.09 bits per heavy atom. The van der Waals surface area contributed by atoms with Gasteiger partial charge in [0.25, 0.3) is 0 Å². The molecule has 1 aliphatic rings. The van der Waals surface area contributed by atoms with Crippen LogP contribution in [0.15, 0.2) is 71.6 Å². The molecule has 2 unspecified atom stereocenters. The molecule has 0 spiro atoms. The summed E-state index contributed by atoms with van der Waals surface area (Å²) in [4.78, 5) is 1.23. The maximum absolute atomic E-state index is 5.79.